The Hall–Kier alpha value is -3.53. The summed E-state index contributed by atoms with van der Waals surface area (Å²) in [5.41, 5.74) is 3.68. The van der Waals surface area contributed by atoms with Crippen molar-refractivity contribution < 1.29 is 0 Å². The van der Waals surface area contributed by atoms with E-state index in [0.717, 1.165) is 33.2 Å². The molecular weight excluding hydrogens is 308 g/mol. The van der Waals surface area contributed by atoms with Gasteiger partial charge in [0.2, 0.25) is 0 Å². The van der Waals surface area contributed by atoms with Crippen molar-refractivity contribution >= 4 is 39.4 Å². The van der Waals surface area contributed by atoms with E-state index in [9.17, 15) is 0 Å². The monoisotopic (exact) mass is 324 g/mol. The summed E-state index contributed by atoms with van der Waals surface area (Å²) < 4.78 is 0. The Morgan fingerprint density at radius 1 is 0.760 bits per heavy atom. The molecule has 2 aromatic carbocycles. The third kappa shape index (κ3) is 3.23. The van der Waals surface area contributed by atoms with Gasteiger partial charge in [0.1, 0.15) is 0 Å². The van der Waals surface area contributed by atoms with Crippen LogP contribution in [0.1, 0.15) is 0 Å². The van der Waals surface area contributed by atoms with Crippen molar-refractivity contribution in [1.29, 1.82) is 0 Å². The fourth-order valence-electron chi connectivity index (χ4n) is 2.72. The molecule has 0 aliphatic heterocycles. The van der Waals surface area contributed by atoms with Gasteiger partial charge in [-0.15, -0.1) is 0 Å². The van der Waals surface area contributed by atoms with Crippen molar-refractivity contribution in [3.05, 3.63) is 85.3 Å². The Morgan fingerprint density at radius 3 is 2.28 bits per heavy atom. The molecule has 0 amide bonds. The molecule has 2 heterocycles. The topological polar surface area (TPSA) is 50.2 Å². The molecule has 0 radical (unpaired) electrons. The van der Waals surface area contributed by atoms with Crippen LogP contribution in [0.15, 0.2) is 90.3 Å². The summed E-state index contributed by atoms with van der Waals surface area (Å²) in [6, 6.07) is 20.0. The van der Waals surface area contributed by atoms with Gasteiger partial charge in [-0.2, -0.15) is 0 Å². The van der Waals surface area contributed by atoms with E-state index in [-0.39, 0.29) is 0 Å². The minimum absolute atomic E-state index is 0.856. The summed E-state index contributed by atoms with van der Waals surface area (Å²) in [5.74, 6) is 0. The summed E-state index contributed by atoms with van der Waals surface area (Å²) in [6.07, 6.45) is 9.06. The van der Waals surface area contributed by atoms with E-state index in [1.54, 1.807) is 18.6 Å². The van der Waals surface area contributed by atoms with Gasteiger partial charge in [-0.25, -0.2) is 0 Å². The lowest BCUT2D eigenvalue weighted by Crippen LogP contribution is -1.90. The average Bonchev–Trinajstić information content (AvgIpc) is 2.68. The van der Waals surface area contributed by atoms with Gasteiger partial charge >= 0.3 is 0 Å². The van der Waals surface area contributed by atoms with Gasteiger partial charge in [-0.1, -0.05) is 36.4 Å². The summed E-state index contributed by atoms with van der Waals surface area (Å²) in [5, 5.41) is 5.45. The van der Waals surface area contributed by atoms with Crippen molar-refractivity contribution in [2.75, 3.05) is 5.32 Å². The minimum atomic E-state index is 0.856. The van der Waals surface area contributed by atoms with Crippen LogP contribution in [-0.2, 0) is 0 Å². The van der Waals surface area contributed by atoms with Crippen LogP contribution in [-0.4, -0.2) is 16.2 Å². The predicted octanol–water partition coefficient (Wildman–Crippen LogP) is 5.11. The van der Waals surface area contributed by atoms with Gasteiger partial charge in [-0.3, -0.25) is 15.0 Å². The fraction of sp³-hybridized carbons (Fsp3) is 0. The second kappa shape index (κ2) is 6.93. The van der Waals surface area contributed by atoms with Crippen LogP contribution in [0.4, 0.5) is 11.4 Å². The molecule has 0 atom stereocenters. The van der Waals surface area contributed by atoms with Gasteiger partial charge in [0.05, 0.1) is 22.4 Å². The van der Waals surface area contributed by atoms with Gasteiger partial charge in [0.15, 0.2) is 0 Å². The Balaban J connectivity index is 1.51. The Kier molecular flexibility index (Phi) is 4.16. The molecule has 4 rings (SSSR count). The summed E-state index contributed by atoms with van der Waals surface area (Å²) in [6.45, 7) is 0. The molecule has 4 aromatic rings. The maximum absolute atomic E-state index is 4.50. The predicted molar refractivity (Wildman–Crippen MR) is 104 cm³/mol. The van der Waals surface area contributed by atoms with Crippen LogP contribution in [0.2, 0.25) is 0 Å². The first-order valence-corrected chi connectivity index (χ1v) is 8.05. The fourth-order valence-corrected chi connectivity index (χ4v) is 2.72. The van der Waals surface area contributed by atoms with Crippen LogP contribution in [0.5, 0.6) is 0 Å². The van der Waals surface area contributed by atoms with E-state index in [1.165, 1.54) is 0 Å². The van der Waals surface area contributed by atoms with E-state index in [0.29, 0.717) is 0 Å². The van der Waals surface area contributed by atoms with Crippen LogP contribution in [0.3, 0.4) is 0 Å². The second-order valence-electron chi connectivity index (χ2n) is 5.51. The molecule has 0 aliphatic rings. The molecule has 2 aromatic heterocycles. The first kappa shape index (κ1) is 15.0. The highest BCUT2D eigenvalue weighted by Crippen LogP contribution is 2.23. The van der Waals surface area contributed by atoms with Crippen LogP contribution >= 0.6 is 0 Å². The first-order valence-electron chi connectivity index (χ1n) is 8.05. The molecule has 0 saturated carbocycles. The lowest BCUT2D eigenvalue weighted by molar-refractivity contribution is 1.39. The van der Waals surface area contributed by atoms with Gasteiger partial charge < -0.3 is 5.32 Å². The molecule has 25 heavy (non-hydrogen) atoms. The zero-order chi connectivity index (χ0) is 16.9. The van der Waals surface area contributed by atoms with E-state index >= 15 is 0 Å². The Labute approximate surface area is 145 Å². The number of fused-ring (bicyclic) bond motifs is 2. The molecular formula is C21H16N4. The van der Waals surface area contributed by atoms with Crippen molar-refractivity contribution in [3.63, 3.8) is 0 Å². The minimum Gasteiger partial charge on any atom is -0.360 e. The number of nitrogens with zero attached hydrogens (tertiary/aromatic N) is 3. The van der Waals surface area contributed by atoms with Gasteiger partial charge in [-0.05, 0) is 30.3 Å². The summed E-state index contributed by atoms with van der Waals surface area (Å²) >= 11 is 0. The van der Waals surface area contributed by atoms with Crippen molar-refractivity contribution in [3.8, 4) is 0 Å². The Morgan fingerprint density at radius 2 is 1.44 bits per heavy atom. The number of aliphatic imine (C=N–C) groups is 1. The number of anilines is 1. The average molecular weight is 324 g/mol. The molecule has 120 valence electrons. The maximum atomic E-state index is 4.50. The molecule has 0 saturated heterocycles. The number of hydrogen-bond acceptors (Lipinski definition) is 4. The summed E-state index contributed by atoms with van der Waals surface area (Å²) in [4.78, 5) is 13.3. The van der Waals surface area contributed by atoms with Crippen molar-refractivity contribution in [1.82, 2.24) is 9.97 Å². The molecule has 0 fully saturated rings. The zero-order valence-electron chi connectivity index (χ0n) is 13.5. The highest BCUT2D eigenvalue weighted by molar-refractivity contribution is 5.92. The number of benzene rings is 2. The molecule has 0 spiro atoms. The number of nitrogens with one attached hydrogen (secondary N) is 1. The number of rotatable bonds is 4. The maximum Gasteiger partial charge on any atom is 0.0958 e. The number of hydrogen-bond donors (Lipinski definition) is 1. The van der Waals surface area contributed by atoms with E-state index in [2.05, 4.69) is 20.3 Å². The second-order valence-corrected chi connectivity index (χ2v) is 5.51. The van der Waals surface area contributed by atoms with Crippen LogP contribution in [0.25, 0.3) is 21.8 Å². The van der Waals surface area contributed by atoms with E-state index in [1.807, 2.05) is 72.9 Å². The SMILES string of the molecule is C(/C=C\Nc1cccc2cccnc12)=Nc1cccc2cccnc12. The largest absolute Gasteiger partial charge is 0.360 e. The first-order chi connectivity index (χ1) is 12.4. The molecule has 4 nitrogen and oxygen atoms in total. The van der Waals surface area contributed by atoms with E-state index in [4.69, 9.17) is 0 Å². The quantitative estimate of drug-likeness (QED) is 0.531. The van der Waals surface area contributed by atoms with Gasteiger partial charge in [0, 0.05) is 35.6 Å². The third-order valence-electron chi connectivity index (χ3n) is 3.88. The lowest BCUT2D eigenvalue weighted by Gasteiger charge is -2.04. The number of pyridine rings is 2. The lowest BCUT2D eigenvalue weighted by atomic mass is 10.2. The van der Waals surface area contributed by atoms with Crippen LogP contribution in [0, 0.1) is 0 Å². The van der Waals surface area contributed by atoms with E-state index < -0.39 is 0 Å². The molecule has 0 bridgehead atoms. The standard InChI is InChI=1S/C21H16N4/c1-6-16-8-3-12-24-20(16)18(10-1)22-14-5-15-23-19-11-2-7-17-9-4-13-25-21(17)19/h1-15,22H/b14-5-,23-15?. The molecule has 1 N–H and O–H groups in total. The smallest absolute Gasteiger partial charge is 0.0958 e. The molecule has 0 unspecified atom stereocenters. The highest BCUT2D eigenvalue weighted by atomic mass is 14.9. The normalized spacial score (nSPS) is 11.7. The Bertz CT molecular complexity index is 1070. The van der Waals surface area contributed by atoms with Crippen molar-refractivity contribution in [2.24, 2.45) is 4.99 Å². The molecule has 4 heteroatoms. The number of aromatic nitrogens is 2. The highest BCUT2D eigenvalue weighted by Gasteiger charge is 1.99. The third-order valence-corrected chi connectivity index (χ3v) is 3.88. The summed E-state index contributed by atoms with van der Waals surface area (Å²) in [7, 11) is 0. The van der Waals surface area contributed by atoms with Crippen LogP contribution < -0.4 is 5.32 Å². The van der Waals surface area contributed by atoms with Gasteiger partial charge in [0.25, 0.3) is 0 Å². The number of para-hydroxylation sites is 2. The zero-order valence-corrected chi connectivity index (χ0v) is 13.5. The van der Waals surface area contributed by atoms with Crippen molar-refractivity contribution in [2.45, 2.75) is 0 Å². The molecule has 0 aliphatic carbocycles. The number of allylic oxidation sites excluding steroid dienone is 1.